The van der Waals surface area contributed by atoms with Crippen LogP contribution in [-0.2, 0) is 0 Å². The molecular weight excluding hydrogens is 238 g/mol. The maximum Gasteiger partial charge on any atom is 0.199 e. The third kappa shape index (κ3) is 2.41. The summed E-state index contributed by atoms with van der Waals surface area (Å²) in [4.78, 5) is 14.0. The summed E-state index contributed by atoms with van der Waals surface area (Å²) >= 11 is 5.01. The molecule has 0 spiro atoms. The number of imidazole rings is 1. The number of hydrogen-bond acceptors (Lipinski definition) is 5. The number of nitrogens with zero attached hydrogens (tertiary/aromatic N) is 2. The number of nitrogens with one attached hydrogen (secondary N) is 2. The Morgan fingerprint density at radius 3 is 3.18 bits per heavy atom. The van der Waals surface area contributed by atoms with Crippen molar-refractivity contribution in [1.29, 1.82) is 0 Å². The van der Waals surface area contributed by atoms with Crippen molar-refractivity contribution in [2.24, 2.45) is 5.73 Å². The lowest BCUT2D eigenvalue weighted by Gasteiger charge is -2.09. The standard InChI is InChI=1S/C10H13N5OS/c1-5(3-16)2-6(11)7-8-9(13-4-12-8)15-10(17)14-7/h2,4,6,16H,3,11H2,1H3,(H2,12,13,14,15,17). The molecule has 1 atom stereocenters. The van der Waals surface area contributed by atoms with Crippen LogP contribution in [0.4, 0.5) is 0 Å². The second-order valence-corrected chi connectivity index (χ2v) is 4.14. The van der Waals surface area contributed by atoms with Gasteiger partial charge in [-0.05, 0) is 19.1 Å². The third-order valence-corrected chi connectivity index (χ3v) is 2.58. The summed E-state index contributed by atoms with van der Waals surface area (Å²) in [6.07, 6.45) is 3.31. The predicted molar refractivity (Wildman–Crippen MR) is 66.8 cm³/mol. The maximum absolute atomic E-state index is 8.97. The van der Waals surface area contributed by atoms with Gasteiger partial charge in [0.05, 0.1) is 24.7 Å². The van der Waals surface area contributed by atoms with Crippen molar-refractivity contribution in [3.8, 4) is 0 Å². The van der Waals surface area contributed by atoms with Crippen molar-refractivity contribution in [1.82, 2.24) is 19.9 Å². The van der Waals surface area contributed by atoms with E-state index in [0.717, 1.165) is 11.1 Å². The SMILES string of the molecule is CC(=CC(N)c1[nH]c(=S)nc2nc[nH]c12)CO. The second-order valence-electron chi connectivity index (χ2n) is 3.75. The molecule has 1 unspecified atom stereocenters. The van der Waals surface area contributed by atoms with Crippen LogP contribution in [0.25, 0.3) is 11.2 Å². The number of aromatic nitrogens is 4. The van der Waals surface area contributed by atoms with Crippen LogP contribution in [0, 0.1) is 4.77 Å². The van der Waals surface area contributed by atoms with Crippen LogP contribution >= 0.6 is 12.2 Å². The molecule has 2 rings (SSSR count). The van der Waals surface area contributed by atoms with Crippen LogP contribution in [0.5, 0.6) is 0 Å². The quantitative estimate of drug-likeness (QED) is 0.480. The van der Waals surface area contributed by atoms with E-state index in [1.165, 1.54) is 0 Å². The normalized spacial score (nSPS) is 14.2. The highest BCUT2D eigenvalue weighted by Gasteiger charge is 2.11. The molecule has 0 aliphatic carbocycles. The van der Waals surface area contributed by atoms with Gasteiger partial charge in [-0.1, -0.05) is 11.6 Å². The molecule has 0 saturated heterocycles. The number of aliphatic hydroxyl groups excluding tert-OH is 1. The van der Waals surface area contributed by atoms with Crippen molar-refractivity contribution >= 4 is 23.4 Å². The molecule has 0 fully saturated rings. The van der Waals surface area contributed by atoms with E-state index < -0.39 is 6.04 Å². The monoisotopic (exact) mass is 251 g/mol. The molecule has 0 radical (unpaired) electrons. The van der Waals surface area contributed by atoms with E-state index in [1.54, 1.807) is 19.3 Å². The van der Waals surface area contributed by atoms with Gasteiger partial charge in [-0.15, -0.1) is 0 Å². The van der Waals surface area contributed by atoms with Gasteiger partial charge in [0.2, 0.25) is 0 Å². The number of hydrogen-bond donors (Lipinski definition) is 4. The van der Waals surface area contributed by atoms with Crippen LogP contribution in [0.15, 0.2) is 18.0 Å². The molecule has 5 N–H and O–H groups in total. The summed E-state index contributed by atoms with van der Waals surface area (Å²) in [6.45, 7) is 1.78. The largest absolute Gasteiger partial charge is 0.392 e. The van der Waals surface area contributed by atoms with E-state index in [-0.39, 0.29) is 6.61 Å². The Labute approximate surface area is 103 Å². The molecule has 0 aliphatic heterocycles. The Morgan fingerprint density at radius 1 is 1.71 bits per heavy atom. The molecule has 0 saturated carbocycles. The molecule has 0 bridgehead atoms. The summed E-state index contributed by atoms with van der Waals surface area (Å²) in [5, 5.41) is 8.97. The number of nitrogens with two attached hydrogens (primary N) is 1. The van der Waals surface area contributed by atoms with E-state index in [0.29, 0.717) is 16.1 Å². The minimum Gasteiger partial charge on any atom is -0.392 e. The fourth-order valence-corrected chi connectivity index (χ4v) is 1.76. The van der Waals surface area contributed by atoms with Crippen LogP contribution in [0.1, 0.15) is 18.7 Å². The molecule has 0 aliphatic rings. The number of aliphatic hydroxyl groups is 1. The van der Waals surface area contributed by atoms with Crippen molar-refractivity contribution < 1.29 is 5.11 Å². The fraction of sp³-hybridized carbons (Fsp3) is 0.300. The first-order valence-electron chi connectivity index (χ1n) is 5.09. The van der Waals surface area contributed by atoms with E-state index in [9.17, 15) is 0 Å². The van der Waals surface area contributed by atoms with E-state index in [2.05, 4.69) is 19.9 Å². The molecule has 6 nitrogen and oxygen atoms in total. The van der Waals surface area contributed by atoms with Gasteiger partial charge < -0.3 is 20.8 Å². The molecule has 2 aromatic heterocycles. The number of aromatic amines is 2. The van der Waals surface area contributed by atoms with Crippen LogP contribution in [0.3, 0.4) is 0 Å². The van der Waals surface area contributed by atoms with Gasteiger partial charge >= 0.3 is 0 Å². The lowest BCUT2D eigenvalue weighted by Crippen LogP contribution is -2.12. The maximum atomic E-state index is 8.97. The lowest BCUT2D eigenvalue weighted by atomic mass is 10.1. The molecule has 7 heteroatoms. The Hall–Kier alpha value is -1.57. The molecule has 2 heterocycles. The second kappa shape index (κ2) is 4.74. The van der Waals surface area contributed by atoms with Crippen molar-refractivity contribution in [3.05, 3.63) is 28.4 Å². The summed E-state index contributed by atoms with van der Waals surface area (Å²) in [7, 11) is 0. The molecule has 0 amide bonds. The van der Waals surface area contributed by atoms with E-state index in [4.69, 9.17) is 23.1 Å². The Balaban J connectivity index is 2.54. The van der Waals surface area contributed by atoms with Gasteiger partial charge in [0.1, 0.15) is 5.52 Å². The first-order chi connectivity index (χ1) is 8.11. The zero-order valence-electron chi connectivity index (χ0n) is 9.27. The smallest absolute Gasteiger partial charge is 0.199 e. The van der Waals surface area contributed by atoms with E-state index >= 15 is 0 Å². The Kier molecular flexibility index (Phi) is 3.32. The highest BCUT2D eigenvalue weighted by atomic mass is 32.1. The summed E-state index contributed by atoms with van der Waals surface area (Å²) in [5.74, 6) is 0. The number of fused-ring (bicyclic) bond motifs is 1. The minimum absolute atomic E-state index is 0.0222. The summed E-state index contributed by atoms with van der Waals surface area (Å²) in [5.41, 5.74) is 8.80. The number of H-pyrrole nitrogens is 2. The highest BCUT2D eigenvalue weighted by molar-refractivity contribution is 7.71. The number of rotatable bonds is 3. The summed E-state index contributed by atoms with van der Waals surface area (Å²) in [6, 6.07) is -0.394. The van der Waals surface area contributed by atoms with Crippen molar-refractivity contribution in [2.45, 2.75) is 13.0 Å². The fourth-order valence-electron chi connectivity index (χ4n) is 1.56. The van der Waals surface area contributed by atoms with Crippen LogP contribution < -0.4 is 5.73 Å². The highest BCUT2D eigenvalue weighted by Crippen LogP contribution is 2.18. The third-order valence-electron chi connectivity index (χ3n) is 2.38. The average Bonchev–Trinajstić information content (AvgIpc) is 2.75. The van der Waals surface area contributed by atoms with Gasteiger partial charge in [-0.3, -0.25) is 0 Å². The van der Waals surface area contributed by atoms with Crippen LogP contribution in [0.2, 0.25) is 0 Å². The molecule has 2 aromatic rings. The van der Waals surface area contributed by atoms with Gasteiger partial charge in [0, 0.05) is 0 Å². The van der Waals surface area contributed by atoms with Gasteiger partial charge in [0.15, 0.2) is 10.4 Å². The summed E-state index contributed by atoms with van der Waals surface area (Å²) < 4.78 is 0.338. The topological polar surface area (TPSA) is 104 Å². The predicted octanol–water partition coefficient (Wildman–Crippen LogP) is 0.954. The van der Waals surface area contributed by atoms with Crippen molar-refractivity contribution in [2.75, 3.05) is 6.61 Å². The molecular formula is C10H13N5OS. The average molecular weight is 251 g/mol. The zero-order valence-corrected chi connectivity index (χ0v) is 10.1. The van der Waals surface area contributed by atoms with Crippen molar-refractivity contribution in [3.63, 3.8) is 0 Å². The Morgan fingerprint density at radius 2 is 2.47 bits per heavy atom. The van der Waals surface area contributed by atoms with E-state index in [1.807, 2.05) is 0 Å². The first-order valence-corrected chi connectivity index (χ1v) is 5.49. The van der Waals surface area contributed by atoms with Gasteiger partial charge in [-0.2, -0.15) is 4.98 Å². The zero-order chi connectivity index (χ0) is 12.4. The lowest BCUT2D eigenvalue weighted by molar-refractivity contribution is 0.330. The molecule has 17 heavy (non-hydrogen) atoms. The van der Waals surface area contributed by atoms with Gasteiger partial charge in [0.25, 0.3) is 0 Å². The van der Waals surface area contributed by atoms with Gasteiger partial charge in [-0.25, -0.2) is 4.98 Å². The molecule has 90 valence electrons. The van der Waals surface area contributed by atoms with Crippen LogP contribution in [-0.4, -0.2) is 31.6 Å². The Bertz CT molecular complexity index is 614. The minimum atomic E-state index is -0.394. The molecule has 0 aromatic carbocycles. The first kappa shape index (κ1) is 11.9.